The van der Waals surface area contributed by atoms with Crippen LogP contribution >= 0.6 is 11.8 Å². The maximum Gasteiger partial charge on any atom is 0.196 e. The third-order valence-corrected chi connectivity index (χ3v) is 4.94. The molecule has 0 fully saturated rings. The van der Waals surface area contributed by atoms with E-state index in [0.717, 1.165) is 11.3 Å². The minimum atomic E-state index is -0.367. The van der Waals surface area contributed by atoms with E-state index < -0.39 is 0 Å². The van der Waals surface area contributed by atoms with Gasteiger partial charge in [0.25, 0.3) is 0 Å². The number of aryl methyl sites for hydroxylation is 1. The molecule has 0 amide bonds. The average molecular weight is 366 g/mol. The second-order valence-corrected chi connectivity index (χ2v) is 8.12. The van der Waals surface area contributed by atoms with Crippen molar-refractivity contribution in [1.29, 1.82) is 0 Å². The molecule has 3 aromatic rings. The van der Waals surface area contributed by atoms with E-state index in [1.807, 2.05) is 49.6 Å². The largest absolute Gasteiger partial charge is 0.298 e. The van der Waals surface area contributed by atoms with Crippen LogP contribution in [-0.4, -0.2) is 31.3 Å². The summed E-state index contributed by atoms with van der Waals surface area (Å²) in [5, 5.41) is 9.41. The summed E-state index contributed by atoms with van der Waals surface area (Å²) in [6, 6.07) is 12.0. The molecule has 0 N–H and O–H groups in total. The number of carbonyl (C=O) groups excluding carboxylic acids is 1. The fourth-order valence-corrected chi connectivity index (χ4v) is 3.43. The fraction of sp³-hybridized carbons (Fsp3) is 0.300. The lowest BCUT2D eigenvalue weighted by Gasteiger charge is -2.16. The summed E-state index contributed by atoms with van der Waals surface area (Å²) in [4.78, 5) is 16.5. The van der Waals surface area contributed by atoms with E-state index in [4.69, 9.17) is 0 Å². The van der Waals surface area contributed by atoms with E-state index in [-0.39, 0.29) is 11.2 Å². The van der Waals surface area contributed by atoms with Gasteiger partial charge >= 0.3 is 0 Å². The zero-order valence-electron chi connectivity index (χ0n) is 15.4. The van der Waals surface area contributed by atoms with Crippen LogP contribution in [0, 0.1) is 12.3 Å². The van der Waals surface area contributed by atoms with Crippen molar-refractivity contribution in [2.75, 3.05) is 5.75 Å². The van der Waals surface area contributed by atoms with Gasteiger partial charge in [0.05, 0.1) is 5.75 Å². The monoisotopic (exact) mass is 366 g/mol. The average Bonchev–Trinajstić information content (AvgIpc) is 3.04. The summed E-state index contributed by atoms with van der Waals surface area (Å²) in [6.07, 6.45) is 3.50. The molecule has 6 heteroatoms. The molecule has 3 rings (SSSR count). The van der Waals surface area contributed by atoms with Crippen LogP contribution in [0.15, 0.2) is 53.9 Å². The zero-order valence-corrected chi connectivity index (χ0v) is 16.2. The number of pyridine rings is 1. The number of Topliss-reactive ketones (excluding diaryl/α,β-unsaturated/α-hetero) is 1. The van der Waals surface area contributed by atoms with Crippen LogP contribution in [0.4, 0.5) is 0 Å². The Morgan fingerprint density at radius 3 is 2.46 bits per heavy atom. The van der Waals surface area contributed by atoms with Gasteiger partial charge < -0.3 is 0 Å². The molecular weight excluding hydrogens is 344 g/mol. The zero-order chi connectivity index (χ0) is 18.7. The Kier molecular flexibility index (Phi) is 5.23. The Bertz CT molecular complexity index is 896. The smallest absolute Gasteiger partial charge is 0.196 e. The van der Waals surface area contributed by atoms with Gasteiger partial charge in [-0.05, 0) is 31.2 Å². The molecule has 0 aliphatic carbocycles. The summed E-state index contributed by atoms with van der Waals surface area (Å²) >= 11 is 1.42. The fourth-order valence-electron chi connectivity index (χ4n) is 2.32. The van der Waals surface area contributed by atoms with E-state index in [1.165, 1.54) is 17.3 Å². The molecule has 0 bridgehead atoms. The van der Waals surface area contributed by atoms with Crippen LogP contribution in [0.1, 0.15) is 26.3 Å². The molecule has 0 aliphatic rings. The third kappa shape index (κ3) is 4.02. The Labute approximate surface area is 157 Å². The summed E-state index contributed by atoms with van der Waals surface area (Å²) < 4.78 is 1.98. The van der Waals surface area contributed by atoms with E-state index in [9.17, 15) is 4.79 Å². The van der Waals surface area contributed by atoms with Crippen molar-refractivity contribution in [2.45, 2.75) is 32.9 Å². The topological polar surface area (TPSA) is 60.7 Å². The number of hydrogen-bond acceptors (Lipinski definition) is 5. The predicted octanol–water partition coefficient (Wildman–Crippen LogP) is 4.35. The summed E-state index contributed by atoms with van der Waals surface area (Å²) in [6.45, 7) is 7.85. The SMILES string of the molecule is Cc1ccc(-n2c(SCC(=O)C(C)(C)C)nnc2-c2cccnc2)cc1. The van der Waals surface area contributed by atoms with Crippen LogP contribution in [-0.2, 0) is 4.79 Å². The molecule has 134 valence electrons. The number of nitrogens with zero attached hydrogens (tertiary/aromatic N) is 4. The van der Waals surface area contributed by atoms with Gasteiger partial charge in [-0.15, -0.1) is 10.2 Å². The second kappa shape index (κ2) is 7.41. The van der Waals surface area contributed by atoms with Crippen LogP contribution in [0.5, 0.6) is 0 Å². The highest BCUT2D eigenvalue weighted by molar-refractivity contribution is 7.99. The first kappa shape index (κ1) is 18.3. The van der Waals surface area contributed by atoms with Gasteiger partial charge in [-0.25, -0.2) is 0 Å². The van der Waals surface area contributed by atoms with Crippen LogP contribution in [0.3, 0.4) is 0 Å². The first-order valence-corrected chi connectivity index (χ1v) is 9.44. The second-order valence-electron chi connectivity index (χ2n) is 7.18. The van der Waals surface area contributed by atoms with Gasteiger partial charge in [0.1, 0.15) is 5.78 Å². The van der Waals surface area contributed by atoms with Gasteiger partial charge in [-0.1, -0.05) is 50.2 Å². The van der Waals surface area contributed by atoms with Gasteiger partial charge in [0, 0.05) is 29.1 Å². The van der Waals surface area contributed by atoms with Crippen molar-refractivity contribution in [3.8, 4) is 17.1 Å². The van der Waals surface area contributed by atoms with Crippen molar-refractivity contribution in [1.82, 2.24) is 19.7 Å². The molecule has 2 heterocycles. The maximum atomic E-state index is 12.3. The van der Waals surface area contributed by atoms with Gasteiger partial charge in [-0.2, -0.15) is 0 Å². The number of carbonyl (C=O) groups is 1. The third-order valence-electron chi connectivity index (χ3n) is 4.01. The van der Waals surface area contributed by atoms with E-state index in [1.54, 1.807) is 12.4 Å². The number of hydrogen-bond donors (Lipinski definition) is 0. The molecule has 0 radical (unpaired) electrons. The number of aromatic nitrogens is 4. The molecule has 0 aliphatic heterocycles. The highest BCUT2D eigenvalue weighted by Crippen LogP contribution is 2.29. The van der Waals surface area contributed by atoms with Crippen molar-refractivity contribution >= 4 is 17.5 Å². The summed E-state index contributed by atoms with van der Waals surface area (Å²) in [5.74, 6) is 1.26. The highest BCUT2D eigenvalue weighted by atomic mass is 32.2. The maximum absolute atomic E-state index is 12.3. The van der Waals surface area contributed by atoms with Crippen LogP contribution in [0.25, 0.3) is 17.1 Å². The van der Waals surface area contributed by atoms with Gasteiger partial charge in [0.15, 0.2) is 11.0 Å². The number of rotatable bonds is 5. The molecule has 0 spiro atoms. The van der Waals surface area contributed by atoms with Crippen molar-refractivity contribution < 1.29 is 4.79 Å². The minimum Gasteiger partial charge on any atom is -0.298 e. The lowest BCUT2D eigenvalue weighted by Crippen LogP contribution is -2.22. The molecule has 1 aromatic carbocycles. The van der Waals surface area contributed by atoms with Gasteiger partial charge in [-0.3, -0.25) is 14.3 Å². The normalized spacial score (nSPS) is 11.5. The lowest BCUT2D eigenvalue weighted by molar-refractivity contribution is -0.123. The molecule has 0 saturated carbocycles. The number of ketones is 1. The standard InChI is InChI=1S/C20H22N4OS/c1-14-7-9-16(10-8-14)24-18(15-6-5-11-21-12-15)22-23-19(24)26-13-17(25)20(2,3)4/h5-12H,13H2,1-4H3. The molecule has 0 saturated heterocycles. The number of benzene rings is 1. The van der Waals surface area contributed by atoms with Gasteiger partial charge in [0.2, 0.25) is 0 Å². The molecule has 26 heavy (non-hydrogen) atoms. The Balaban J connectivity index is 2.01. The van der Waals surface area contributed by atoms with E-state index in [2.05, 4.69) is 34.2 Å². The van der Waals surface area contributed by atoms with E-state index in [0.29, 0.717) is 16.7 Å². The first-order chi connectivity index (χ1) is 12.4. The molecule has 2 aromatic heterocycles. The Morgan fingerprint density at radius 2 is 1.85 bits per heavy atom. The quantitative estimate of drug-likeness (QED) is 0.629. The predicted molar refractivity (Wildman–Crippen MR) is 105 cm³/mol. The Morgan fingerprint density at radius 1 is 1.12 bits per heavy atom. The number of thioether (sulfide) groups is 1. The van der Waals surface area contributed by atoms with E-state index >= 15 is 0 Å². The summed E-state index contributed by atoms with van der Waals surface area (Å²) in [5.41, 5.74) is 2.66. The van der Waals surface area contributed by atoms with Crippen molar-refractivity contribution in [3.63, 3.8) is 0 Å². The molecule has 0 atom stereocenters. The first-order valence-electron chi connectivity index (χ1n) is 8.45. The van der Waals surface area contributed by atoms with Crippen LogP contribution in [0.2, 0.25) is 0 Å². The summed E-state index contributed by atoms with van der Waals surface area (Å²) in [7, 11) is 0. The highest BCUT2D eigenvalue weighted by Gasteiger charge is 2.23. The van der Waals surface area contributed by atoms with Crippen molar-refractivity contribution in [3.05, 3.63) is 54.4 Å². The lowest BCUT2D eigenvalue weighted by atomic mass is 9.92. The Hall–Kier alpha value is -2.47. The minimum absolute atomic E-state index is 0.184. The molecule has 0 unspecified atom stereocenters. The van der Waals surface area contributed by atoms with Crippen molar-refractivity contribution in [2.24, 2.45) is 5.41 Å². The molecular formula is C20H22N4OS. The van der Waals surface area contributed by atoms with Crippen LogP contribution < -0.4 is 0 Å². The molecule has 5 nitrogen and oxygen atoms in total.